The fourth-order valence-electron chi connectivity index (χ4n) is 2.66. The third kappa shape index (κ3) is 5.04. The highest BCUT2D eigenvalue weighted by atomic mass is 127. The maximum Gasteiger partial charge on any atom is 0.225 e. The first kappa shape index (κ1) is 18.9. The average Bonchev–Trinajstić information content (AvgIpc) is 3.13. The van der Waals surface area contributed by atoms with Gasteiger partial charge in [0.25, 0.3) is 0 Å². The number of nitrogens with zero attached hydrogens (tertiary/aromatic N) is 5. The molecule has 1 N–H and O–H groups in total. The lowest BCUT2D eigenvalue weighted by Gasteiger charge is -2.36. The Hall–Kier alpha value is -1.42. The van der Waals surface area contributed by atoms with Crippen LogP contribution in [-0.4, -0.2) is 60.6 Å². The van der Waals surface area contributed by atoms with Gasteiger partial charge in [-0.1, -0.05) is 6.07 Å². The van der Waals surface area contributed by atoms with Crippen molar-refractivity contribution in [2.24, 2.45) is 4.99 Å². The van der Waals surface area contributed by atoms with Gasteiger partial charge in [-0.25, -0.2) is 9.97 Å². The van der Waals surface area contributed by atoms with Crippen molar-refractivity contribution >= 4 is 47.2 Å². The smallest absolute Gasteiger partial charge is 0.225 e. The van der Waals surface area contributed by atoms with Gasteiger partial charge in [-0.3, -0.25) is 4.99 Å². The third-order valence-corrected chi connectivity index (χ3v) is 4.80. The van der Waals surface area contributed by atoms with Gasteiger partial charge in [-0.05, 0) is 23.9 Å². The van der Waals surface area contributed by atoms with Gasteiger partial charge in [0.15, 0.2) is 5.96 Å². The number of piperazine rings is 1. The van der Waals surface area contributed by atoms with Crippen LogP contribution in [0.15, 0.2) is 41.0 Å². The number of hydrogen-bond donors (Lipinski definition) is 1. The number of halogens is 1. The molecule has 0 aliphatic carbocycles. The van der Waals surface area contributed by atoms with Crippen LogP contribution in [0.4, 0.5) is 5.95 Å². The van der Waals surface area contributed by atoms with Crippen LogP contribution in [0, 0.1) is 0 Å². The van der Waals surface area contributed by atoms with Crippen LogP contribution < -0.4 is 10.2 Å². The number of nitrogens with one attached hydrogen (secondary N) is 1. The van der Waals surface area contributed by atoms with Crippen molar-refractivity contribution in [1.82, 2.24) is 20.2 Å². The predicted molar refractivity (Wildman–Crippen MR) is 111 cm³/mol. The highest BCUT2D eigenvalue weighted by molar-refractivity contribution is 14.0. The Balaban J connectivity index is 0.00000208. The van der Waals surface area contributed by atoms with Gasteiger partial charge in [-0.15, -0.1) is 35.3 Å². The van der Waals surface area contributed by atoms with Crippen LogP contribution in [0.1, 0.15) is 4.88 Å². The molecule has 24 heavy (non-hydrogen) atoms. The van der Waals surface area contributed by atoms with E-state index in [4.69, 9.17) is 0 Å². The molecule has 2 aromatic rings. The van der Waals surface area contributed by atoms with E-state index in [1.807, 2.05) is 13.1 Å². The largest absolute Gasteiger partial charge is 0.356 e. The number of rotatable bonds is 4. The molecule has 0 bridgehead atoms. The van der Waals surface area contributed by atoms with Gasteiger partial charge in [0.05, 0.1) is 0 Å². The van der Waals surface area contributed by atoms with Crippen LogP contribution in [0.3, 0.4) is 0 Å². The Morgan fingerprint density at radius 1 is 1.21 bits per heavy atom. The van der Waals surface area contributed by atoms with E-state index in [9.17, 15) is 0 Å². The summed E-state index contributed by atoms with van der Waals surface area (Å²) in [5.74, 6) is 1.79. The van der Waals surface area contributed by atoms with Gasteiger partial charge in [0, 0.05) is 57.0 Å². The second-order valence-corrected chi connectivity index (χ2v) is 6.36. The minimum atomic E-state index is 0. The fraction of sp³-hybridized carbons (Fsp3) is 0.438. The van der Waals surface area contributed by atoms with E-state index in [-0.39, 0.29) is 24.0 Å². The maximum absolute atomic E-state index is 4.41. The zero-order valence-corrected chi connectivity index (χ0v) is 16.9. The Kier molecular flexibility index (Phi) is 7.70. The summed E-state index contributed by atoms with van der Waals surface area (Å²) in [7, 11) is 1.85. The second kappa shape index (κ2) is 9.77. The van der Waals surface area contributed by atoms with Crippen LogP contribution in [0.2, 0.25) is 0 Å². The van der Waals surface area contributed by atoms with Crippen molar-refractivity contribution in [3.63, 3.8) is 0 Å². The van der Waals surface area contributed by atoms with Gasteiger partial charge >= 0.3 is 0 Å². The quantitative estimate of drug-likeness (QED) is 0.432. The summed E-state index contributed by atoms with van der Waals surface area (Å²) in [4.78, 5) is 19.0. The summed E-state index contributed by atoms with van der Waals surface area (Å²) in [5.41, 5.74) is 0. The van der Waals surface area contributed by atoms with Crippen molar-refractivity contribution in [2.45, 2.75) is 6.42 Å². The Morgan fingerprint density at radius 2 is 1.96 bits per heavy atom. The summed E-state index contributed by atoms with van der Waals surface area (Å²) in [5, 5.41) is 5.58. The predicted octanol–water partition coefficient (Wildman–Crippen LogP) is 2.10. The molecule has 2 aromatic heterocycles. The van der Waals surface area contributed by atoms with E-state index in [1.165, 1.54) is 4.88 Å². The number of thiophene rings is 1. The molecule has 1 aliphatic rings. The SMILES string of the molecule is CN=C(NCCc1cccs1)N1CCN(c2ncccn2)CC1.I. The first-order valence-electron chi connectivity index (χ1n) is 7.87. The van der Waals surface area contributed by atoms with Gasteiger partial charge in [0.1, 0.15) is 0 Å². The first-order valence-corrected chi connectivity index (χ1v) is 8.75. The molecule has 0 saturated carbocycles. The minimum Gasteiger partial charge on any atom is -0.356 e. The van der Waals surface area contributed by atoms with E-state index >= 15 is 0 Å². The molecular formula is C16H23IN6S. The lowest BCUT2D eigenvalue weighted by molar-refractivity contribution is 0.370. The molecule has 0 aromatic carbocycles. The average molecular weight is 458 g/mol. The lowest BCUT2D eigenvalue weighted by atomic mass is 10.3. The molecule has 8 heteroatoms. The summed E-state index contributed by atoms with van der Waals surface area (Å²) in [6.07, 6.45) is 4.62. The zero-order chi connectivity index (χ0) is 15.9. The van der Waals surface area contributed by atoms with Crippen LogP contribution in [0.25, 0.3) is 0 Å². The van der Waals surface area contributed by atoms with E-state index in [0.29, 0.717) is 0 Å². The van der Waals surface area contributed by atoms with Crippen LogP contribution in [-0.2, 0) is 6.42 Å². The van der Waals surface area contributed by atoms with Crippen molar-refractivity contribution < 1.29 is 0 Å². The normalized spacial score (nSPS) is 15.1. The number of aromatic nitrogens is 2. The third-order valence-electron chi connectivity index (χ3n) is 3.86. The number of hydrogen-bond acceptors (Lipinski definition) is 5. The van der Waals surface area contributed by atoms with Gasteiger partial charge < -0.3 is 15.1 Å². The molecule has 6 nitrogen and oxygen atoms in total. The summed E-state index contributed by atoms with van der Waals surface area (Å²) < 4.78 is 0. The van der Waals surface area contributed by atoms with E-state index < -0.39 is 0 Å². The van der Waals surface area contributed by atoms with E-state index in [0.717, 1.165) is 51.1 Å². The van der Waals surface area contributed by atoms with Gasteiger partial charge in [-0.2, -0.15) is 0 Å². The highest BCUT2D eigenvalue weighted by Gasteiger charge is 2.20. The molecule has 1 fully saturated rings. The molecule has 130 valence electrons. The van der Waals surface area contributed by atoms with Crippen molar-refractivity contribution in [1.29, 1.82) is 0 Å². The standard InChI is InChI=1S/C16H22N6S.HI/c1-17-15(20-8-5-14-4-2-13-23-14)21-9-11-22(12-10-21)16-18-6-3-7-19-16;/h2-4,6-7,13H,5,8-12H2,1H3,(H,17,20);1H. The topological polar surface area (TPSA) is 56.7 Å². The van der Waals surface area contributed by atoms with Crippen molar-refractivity contribution in [3.8, 4) is 0 Å². The second-order valence-electron chi connectivity index (χ2n) is 5.33. The van der Waals surface area contributed by atoms with Crippen LogP contribution in [0.5, 0.6) is 0 Å². The zero-order valence-electron chi connectivity index (χ0n) is 13.8. The number of aliphatic imine (C=N–C) groups is 1. The molecule has 0 unspecified atom stereocenters. The molecule has 0 radical (unpaired) electrons. The van der Waals surface area contributed by atoms with Crippen LogP contribution >= 0.6 is 35.3 Å². The Morgan fingerprint density at radius 3 is 2.58 bits per heavy atom. The Bertz CT molecular complexity index is 611. The monoisotopic (exact) mass is 458 g/mol. The Labute approximate surface area is 164 Å². The molecule has 3 heterocycles. The fourth-order valence-corrected chi connectivity index (χ4v) is 3.37. The molecule has 0 amide bonds. The highest BCUT2D eigenvalue weighted by Crippen LogP contribution is 2.10. The number of guanidine groups is 1. The number of anilines is 1. The maximum atomic E-state index is 4.41. The van der Waals surface area contributed by atoms with Gasteiger partial charge in [0.2, 0.25) is 5.95 Å². The van der Waals surface area contributed by atoms with E-state index in [2.05, 4.69) is 47.6 Å². The molecular weight excluding hydrogens is 435 g/mol. The molecule has 0 atom stereocenters. The van der Waals surface area contributed by atoms with E-state index in [1.54, 1.807) is 23.7 Å². The summed E-state index contributed by atoms with van der Waals surface area (Å²) >= 11 is 1.80. The summed E-state index contributed by atoms with van der Waals surface area (Å²) in [6.45, 7) is 4.59. The molecule has 3 rings (SSSR count). The molecule has 1 saturated heterocycles. The molecule has 1 aliphatic heterocycles. The summed E-state index contributed by atoms with van der Waals surface area (Å²) in [6, 6.07) is 6.12. The minimum absolute atomic E-state index is 0. The first-order chi connectivity index (χ1) is 11.4. The molecule has 0 spiro atoms. The van der Waals surface area contributed by atoms with Crippen molar-refractivity contribution in [3.05, 3.63) is 40.8 Å². The lowest BCUT2D eigenvalue weighted by Crippen LogP contribution is -2.53. The van der Waals surface area contributed by atoms with Crippen molar-refractivity contribution in [2.75, 3.05) is 44.7 Å².